The van der Waals surface area contributed by atoms with Crippen LogP contribution >= 0.6 is 15.9 Å². The Morgan fingerprint density at radius 2 is 2.30 bits per heavy atom. The first kappa shape index (κ1) is 12.8. The maximum Gasteiger partial charge on any atom is 0.127 e. The van der Waals surface area contributed by atoms with Crippen LogP contribution in [0.3, 0.4) is 0 Å². The van der Waals surface area contributed by atoms with Gasteiger partial charge in [-0.05, 0) is 56.3 Å². The summed E-state index contributed by atoms with van der Waals surface area (Å²) < 4.78 is 3.50. The van der Waals surface area contributed by atoms with E-state index in [1.807, 2.05) is 0 Å². The number of nitrogens with one attached hydrogen (secondary N) is 1. The van der Waals surface area contributed by atoms with Crippen LogP contribution in [0.15, 0.2) is 22.7 Å². The lowest BCUT2D eigenvalue weighted by molar-refractivity contribution is 0.399. The Morgan fingerprint density at radius 1 is 1.40 bits per heavy atom. The number of imidazole rings is 1. The second-order valence-electron chi connectivity index (χ2n) is 6.09. The molecule has 0 bridgehead atoms. The average Bonchev–Trinajstić information content (AvgIpc) is 3.10. The van der Waals surface area contributed by atoms with E-state index < -0.39 is 0 Å². The zero-order valence-electron chi connectivity index (χ0n) is 11.8. The predicted octanol–water partition coefficient (Wildman–Crippen LogP) is 3.88. The Balaban J connectivity index is 1.82. The van der Waals surface area contributed by atoms with E-state index in [9.17, 15) is 0 Å². The Bertz CT molecular complexity index is 648. The molecule has 2 aliphatic rings. The van der Waals surface area contributed by atoms with Crippen LogP contribution in [0.2, 0.25) is 0 Å². The first-order valence-electron chi connectivity index (χ1n) is 7.67. The molecule has 3 nitrogen and oxygen atoms in total. The normalized spacial score (nSPS) is 29.2. The van der Waals surface area contributed by atoms with Crippen molar-refractivity contribution in [2.75, 3.05) is 6.54 Å². The van der Waals surface area contributed by atoms with Gasteiger partial charge in [-0.15, -0.1) is 0 Å². The Kier molecular flexibility index (Phi) is 3.11. The Morgan fingerprint density at radius 3 is 3.15 bits per heavy atom. The molecular weight excluding hydrogens is 314 g/mol. The molecule has 0 spiro atoms. The van der Waals surface area contributed by atoms with E-state index in [0.717, 1.165) is 28.4 Å². The molecule has 4 heteroatoms. The molecule has 3 unspecified atom stereocenters. The second-order valence-corrected chi connectivity index (χ2v) is 7.00. The maximum absolute atomic E-state index is 4.96. The van der Waals surface area contributed by atoms with Gasteiger partial charge in [0.25, 0.3) is 0 Å². The van der Waals surface area contributed by atoms with Crippen molar-refractivity contribution in [2.45, 2.75) is 38.8 Å². The number of benzene rings is 1. The number of halogens is 1. The summed E-state index contributed by atoms with van der Waals surface area (Å²) in [7, 11) is 0. The number of hydrogen-bond acceptors (Lipinski definition) is 2. The first-order valence-corrected chi connectivity index (χ1v) is 8.46. The fourth-order valence-corrected chi connectivity index (χ4v) is 4.51. The third-order valence-corrected chi connectivity index (χ3v) is 5.57. The highest BCUT2D eigenvalue weighted by atomic mass is 79.9. The molecule has 4 rings (SSSR count). The van der Waals surface area contributed by atoms with Crippen molar-refractivity contribution in [1.29, 1.82) is 0 Å². The van der Waals surface area contributed by atoms with Crippen molar-refractivity contribution in [3.05, 3.63) is 28.5 Å². The van der Waals surface area contributed by atoms with Crippen molar-refractivity contribution in [1.82, 2.24) is 14.9 Å². The molecule has 0 radical (unpaired) electrons. The minimum Gasteiger partial charge on any atom is -0.327 e. The van der Waals surface area contributed by atoms with Crippen molar-refractivity contribution >= 4 is 27.0 Å². The van der Waals surface area contributed by atoms with Gasteiger partial charge in [-0.2, -0.15) is 0 Å². The lowest BCUT2D eigenvalue weighted by Gasteiger charge is -2.19. The summed E-state index contributed by atoms with van der Waals surface area (Å²) in [6, 6.07) is 6.88. The zero-order chi connectivity index (χ0) is 13.7. The summed E-state index contributed by atoms with van der Waals surface area (Å²) in [6.45, 7) is 4.38. The van der Waals surface area contributed by atoms with Crippen LogP contribution in [0.25, 0.3) is 11.0 Å². The summed E-state index contributed by atoms with van der Waals surface area (Å²) in [5.41, 5.74) is 2.37. The minimum absolute atomic E-state index is 0.452. The van der Waals surface area contributed by atoms with Crippen LogP contribution in [-0.2, 0) is 6.54 Å². The molecular formula is C16H20BrN3. The van der Waals surface area contributed by atoms with Gasteiger partial charge in [0.15, 0.2) is 0 Å². The third kappa shape index (κ3) is 1.85. The minimum atomic E-state index is 0.452. The van der Waals surface area contributed by atoms with Crippen LogP contribution < -0.4 is 5.32 Å². The summed E-state index contributed by atoms with van der Waals surface area (Å²) in [5.74, 6) is 2.91. The molecule has 1 aromatic carbocycles. The van der Waals surface area contributed by atoms with E-state index in [1.54, 1.807) is 0 Å². The summed E-state index contributed by atoms with van der Waals surface area (Å²) in [6.07, 6.45) is 4.15. The summed E-state index contributed by atoms with van der Waals surface area (Å²) in [4.78, 5) is 4.96. The molecule has 3 atom stereocenters. The monoisotopic (exact) mass is 333 g/mol. The lowest BCUT2D eigenvalue weighted by Crippen LogP contribution is -2.22. The molecule has 106 valence electrons. The largest absolute Gasteiger partial charge is 0.327 e. The van der Waals surface area contributed by atoms with Gasteiger partial charge in [-0.25, -0.2) is 4.98 Å². The molecule has 2 aromatic rings. The lowest BCUT2D eigenvalue weighted by atomic mass is 9.93. The van der Waals surface area contributed by atoms with Crippen LogP contribution in [-0.4, -0.2) is 16.1 Å². The summed E-state index contributed by atoms with van der Waals surface area (Å²) >= 11 is 3.55. The topological polar surface area (TPSA) is 29.9 Å². The highest BCUT2D eigenvalue weighted by molar-refractivity contribution is 9.10. The molecule has 20 heavy (non-hydrogen) atoms. The molecule has 1 saturated carbocycles. The van der Waals surface area contributed by atoms with Gasteiger partial charge in [0.1, 0.15) is 5.82 Å². The second kappa shape index (κ2) is 4.85. The van der Waals surface area contributed by atoms with Crippen LogP contribution in [0, 0.1) is 11.8 Å². The van der Waals surface area contributed by atoms with Crippen molar-refractivity contribution in [3.8, 4) is 0 Å². The van der Waals surface area contributed by atoms with Gasteiger partial charge in [0.2, 0.25) is 0 Å². The van der Waals surface area contributed by atoms with Crippen molar-refractivity contribution in [2.24, 2.45) is 11.8 Å². The highest BCUT2D eigenvalue weighted by Gasteiger charge is 2.41. The van der Waals surface area contributed by atoms with Gasteiger partial charge in [-0.1, -0.05) is 22.4 Å². The SMILES string of the molecule is CCn1c(C2NCC3CCCC32)nc2cc(Br)ccc21. The molecule has 1 N–H and O–H groups in total. The first-order chi connectivity index (χ1) is 9.78. The third-order valence-electron chi connectivity index (χ3n) is 5.08. The zero-order valence-corrected chi connectivity index (χ0v) is 13.4. The van der Waals surface area contributed by atoms with Gasteiger partial charge in [0.05, 0.1) is 17.1 Å². The van der Waals surface area contributed by atoms with E-state index in [-0.39, 0.29) is 0 Å². The maximum atomic E-state index is 4.96. The van der Waals surface area contributed by atoms with Crippen molar-refractivity contribution in [3.63, 3.8) is 0 Å². The van der Waals surface area contributed by atoms with Crippen LogP contribution in [0.4, 0.5) is 0 Å². The number of nitrogens with zero attached hydrogens (tertiary/aromatic N) is 2. The Hall–Kier alpha value is -0.870. The van der Waals surface area contributed by atoms with Gasteiger partial charge in [-0.3, -0.25) is 0 Å². The van der Waals surface area contributed by atoms with E-state index >= 15 is 0 Å². The Labute approximate surface area is 127 Å². The van der Waals surface area contributed by atoms with Gasteiger partial charge in [0, 0.05) is 11.0 Å². The molecule has 1 aliphatic carbocycles. The molecule has 2 heterocycles. The molecule has 0 amide bonds. The molecule has 1 saturated heterocycles. The van der Waals surface area contributed by atoms with E-state index in [1.165, 1.54) is 37.1 Å². The number of rotatable bonds is 2. The van der Waals surface area contributed by atoms with Gasteiger partial charge >= 0.3 is 0 Å². The van der Waals surface area contributed by atoms with E-state index in [4.69, 9.17) is 4.98 Å². The number of hydrogen-bond donors (Lipinski definition) is 1. The number of aryl methyl sites for hydroxylation is 1. The average molecular weight is 334 g/mol. The van der Waals surface area contributed by atoms with Crippen LogP contribution in [0.1, 0.15) is 38.1 Å². The van der Waals surface area contributed by atoms with Crippen LogP contribution in [0.5, 0.6) is 0 Å². The van der Waals surface area contributed by atoms with E-state index in [2.05, 4.69) is 50.9 Å². The molecule has 1 aliphatic heterocycles. The van der Waals surface area contributed by atoms with Crippen molar-refractivity contribution < 1.29 is 0 Å². The fraction of sp³-hybridized carbons (Fsp3) is 0.562. The summed E-state index contributed by atoms with van der Waals surface area (Å²) in [5, 5.41) is 3.73. The standard InChI is InChI=1S/C16H20BrN3/c1-2-20-14-7-6-11(17)8-13(14)19-16(20)15-12-5-3-4-10(12)9-18-15/h6-8,10,12,15,18H,2-5,9H2,1H3. The number of fused-ring (bicyclic) bond motifs is 2. The highest BCUT2D eigenvalue weighted by Crippen LogP contribution is 2.44. The van der Waals surface area contributed by atoms with E-state index in [0.29, 0.717) is 6.04 Å². The fourth-order valence-electron chi connectivity index (χ4n) is 4.16. The number of aromatic nitrogens is 2. The quantitative estimate of drug-likeness (QED) is 0.903. The smallest absolute Gasteiger partial charge is 0.127 e. The molecule has 2 fully saturated rings. The van der Waals surface area contributed by atoms with Gasteiger partial charge < -0.3 is 9.88 Å². The predicted molar refractivity (Wildman–Crippen MR) is 84.7 cm³/mol. The molecule has 1 aromatic heterocycles.